The van der Waals surface area contributed by atoms with E-state index in [-0.39, 0.29) is 17.6 Å². The van der Waals surface area contributed by atoms with Crippen LogP contribution < -0.4 is 0 Å². The number of aliphatic hydroxyl groups excluding tert-OH is 5. The molecule has 39 heavy (non-hydrogen) atoms. The fourth-order valence-electron chi connectivity index (χ4n) is 6.81. The lowest BCUT2D eigenvalue weighted by Crippen LogP contribution is -2.63. The fourth-order valence-corrected chi connectivity index (χ4v) is 6.81. The van der Waals surface area contributed by atoms with E-state index in [9.17, 15) is 35.1 Å². The van der Waals surface area contributed by atoms with E-state index in [4.69, 9.17) is 23.4 Å². The first-order valence-corrected chi connectivity index (χ1v) is 12.9. The second kappa shape index (κ2) is 10.1. The van der Waals surface area contributed by atoms with Crippen LogP contribution in [-0.4, -0.2) is 94.1 Å². The van der Waals surface area contributed by atoms with Gasteiger partial charge in [0.1, 0.15) is 30.5 Å². The van der Waals surface area contributed by atoms with Crippen LogP contribution in [0.1, 0.15) is 38.4 Å². The van der Waals surface area contributed by atoms with Gasteiger partial charge in [0.15, 0.2) is 6.29 Å². The second-order valence-electron chi connectivity index (χ2n) is 11.1. The van der Waals surface area contributed by atoms with Gasteiger partial charge in [-0.3, -0.25) is 0 Å². The number of methoxy groups -OCH3 is 1. The van der Waals surface area contributed by atoms with Gasteiger partial charge in [0.2, 0.25) is 0 Å². The molecule has 2 aliphatic carbocycles. The average Bonchev–Trinajstić information content (AvgIpc) is 3.45. The summed E-state index contributed by atoms with van der Waals surface area (Å²) >= 11 is 0. The number of cyclic esters (lactones) is 1. The van der Waals surface area contributed by atoms with Crippen molar-refractivity contribution in [3.05, 3.63) is 47.5 Å². The van der Waals surface area contributed by atoms with Gasteiger partial charge in [0, 0.05) is 27.5 Å². The number of ether oxygens (including phenoxy) is 4. The minimum Gasteiger partial charge on any atom is -0.472 e. The third kappa shape index (κ3) is 4.34. The highest BCUT2D eigenvalue weighted by Crippen LogP contribution is 2.63. The fraction of sp³-hybridized carbons (Fsp3) is 0.630. The highest BCUT2D eigenvalue weighted by Gasteiger charge is 2.64. The largest absolute Gasteiger partial charge is 0.472 e. The summed E-state index contributed by atoms with van der Waals surface area (Å²) in [5, 5.41) is 51.6. The van der Waals surface area contributed by atoms with Crippen LogP contribution in [0, 0.1) is 16.7 Å². The normalized spacial score (nSPS) is 43.9. The van der Waals surface area contributed by atoms with Crippen molar-refractivity contribution in [2.45, 2.75) is 75.7 Å². The van der Waals surface area contributed by atoms with Gasteiger partial charge in [-0.15, -0.1) is 0 Å². The van der Waals surface area contributed by atoms with E-state index >= 15 is 0 Å². The van der Waals surface area contributed by atoms with Crippen molar-refractivity contribution >= 4 is 11.9 Å². The molecule has 2 saturated heterocycles. The smallest absolute Gasteiger partial charge is 0.334 e. The first-order valence-electron chi connectivity index (χ1n) is 12.9. The lowest BCUT2D eigenvalue weighted by Gasteiger charge is -2.59. The molecule has 4 aliphatic rings. The topological polar surface area (TPSA) is 185 Å². The van der Waals surface area contributed by atoms with E-state index in [1.54, 1.807) is 13.0 Å². The maximum absolute atomic E-state index is 13.4. The Morgan fingerprint density at radius 3 is 2.51 bits per heavy atom. The number of carbonyl (C=O) groups is 2. The zero-order valence-corrected chi connectivity index (χ0v) is 21.8. The third-order valence-corrected chi connectivity index (χ3v) is 8.96. The predicted molar refractivity (Wildman–Crippen MR) is 129 cm³/mol. The predicted octanol–water partition coefficient (Wildman–Crippen LogP) is -0.114. The Morgan fingerprint density at radius 1 is 1.13 bits per heavy atom. The zero-order valence-electron chi connectivity index (χ0n) is 21.8. The van der Waals surface area contributed by atoms with Crippen molar-refractivity contribution in [2.75, 3.05) is 13.7 Å². The Morgan fingerprint density at radius 2 is 1.87 bits per heavy atom. The van der Waals surface area contributed by atoms with Crippen molar-refractivity contribution < 1.29 is 58.5 Å². The first-order chi connectivity index (χ1) is 18.4. The number of furan rings is 1. The van der Waals surface area contributed by atoms with Gasteiger partial charge in [-0.2, -0.15) is 0 Å². The average molecular weight is 551 g/mol. The van der Waals surface area contributed by atoms with E-state index < -0.39 is 84.3 Å². The second-order valence-corrected chi connectivity index (χ2v) is 11.1. The maximum Gasteiger partial charge on any atom is 0.334 e. The molecule has 0 radical (unpaired) electrons. The molecule has 0 unspecified atom stereocenters. The summed E-state index contributed by atoms with van der Waals surface area (Å²) in [6, 6.07) is 1.71. The molecule has 0 aromatic carbocycles. The molecule has 5 N–H and O–H groups in total. The van der Waals surface area contributed by atoms with E-state index in [1.165, 1.54) is 31.8 Å². The molecule has 214 valence electrons. The van der Waals surface area contributed by atoms with E-state index in [1.807, 2.05) is 6.92 Å². The Bertz CT molecular complexity index is 1160. The number of carbonyl (C=O) groups excluding carboxylic acids is 2. The first kappa shape index (κ1) is 28.0. The molecular weight excluding hydrogens is 516 g/mol. The van der Waals surface area contributed by atoms with Gasteiger partial charge >= 0.3 is 11.9 Å². The van der Waals surface area contributed by atoms with Gasteiger partial charge in [0.25, 0.3) is 0 Å². The maximum atomic E-state index is 13.4. The summed E-state index contributed by atoms with van der Waals surface area (Å²) in [5.41, 5.74) is -1.03. The lowest BCUT2D eigenvalue weighted by atomic mass is 9.47. The molecule has 3 heterocycles. The van der Waals surface area contributed by atoms with Crippen LogP contribution in [0.25, 0.3) is 0 Å². The molecule has 11 atom stereocenters. The van der Waals surface area contributed by atoms with Crippen molar-refractivity contribution in [2.24, 2.45) is 16.7 Å². The molecule has 1 aromatic rings. The van der Waals surface area contributed by atoms with Crippen molar-refractivity contribution in [3.8, 4) is 0 Å². The summed E-state index contributed by atoms with van der Waals surface area (Å²) in [6.07, 6.45) is -4.09. The lowest BCUT2D eigenvalue weighted by molar-refractivity contribution is -0.317. The van der Waals surface area contributed by atoms with Crippen LogP contribution in [-0.2, 0) is 28.5 Å². The van der Waals surface area contributed by atoms with Gasteiger partial charge < -0.3 is 48.9 Å². The van der Waals surface area contributed by atoms with Crippen LogP contribution >= 0.6 is 0 Å². The van der Waals surface area contributed by atoms with Gasteiger partial charge in [-0.25, -0.2) is 9.59 Å². The molecule has 2 aliphatic heterocycles. The summed E-state index contributed by atoms with van der Waals surface area (Å²) < 4.78 is 27.8. The van der Waals surface area contributed by atoms with Gasteiger partial charge in [-0.05, 0) is 37.0 Å². The molecule has 5 rings (SSSR count). The van der Waals surface area contributed by atoms with Crippen LogP contribution in [0.3, 0.4) is 0 Å². The number of esters is 2. The molecule has 1 aromatic heterocycles. The highest BCUT2D eigenvalue weighted by molar-refractivity contribution is 5.94. The number of hydrogen-bond acceptors (Lipinski definition) is 12. The third-order valence-electron chi connectivity index (χ3n) is 8.96. The highest BCUT2D eigenvalue weighted by atomic mass is 16.7. The van der Waals surface area contributed by atoms with Crippen molar-refractivity contribution in [3.63, 3.8) is 0 Å². The SMILES string of the molecule is COC(=O)C1=C[C@@H](O)C[C@H]2[C@]1(C)[C@H](O[C@H]1O[C@@H](CO)[C@H](O)[C@@H](O)[C@@H]1O)C=C1C(=O)O[C@@H](c3ccoc3)C[C@@]12C. The Labute approximate surface area is 224 Å². The van der Waals surface area contributed by atoms with Crippen LogP contribution in [0.5, 0.6) is 0 Å². The quantitative estimate of drug-likeness (QED) is 0.307. The Balaban J connectivity index is 1.61. The van der Waals surface area contributed by atoms with Crippen molar-refractivity contribution in [1.29, 1.82) is 0 Å². The number of fused-ring (bicyclic) bond motifs is 3. The van der Waals surface area contributed by atoms with E-state index in [2.05, 4.69) is 0 Å². The monoisotopic (exact) mass is 550 g/mol. The summed E-state index contributed by atoms with van der Waals surface area (Å²) in [5.74, 6) is -1.87. The van der Waals surface area contributed by atoms with Crippen LogP contribution in [0.2, 0.25) is 0 Å². The molecular formula is C27H34O12. The zero-order chi connectivity index (χ0) is 28.3. The standard InChI is InChI=1S/C27H34O12/c1-26-9-16(12-4-5-36-11-12)37-24(34)14(26)8-19(39-25-22(32)21(31)20(30)17(10-28)38-25)27(2)15(23(33)35-3)6-13(29)7-18(26)27/h4-6,8,11,13,16-22,25,28-32H,7,9-10H2,1-3H3/t13-,16-,17+,18-,19-,20+,21-,22+,25-,26+,27-/m1/s1. The van der Waals surface area contributed by atoms with Crippen molar-refractivity contribution in [1.82, 2.24) is 0 Å². The van der Waals surface area contributed by atoms with Crippen LogP contribution in [0.4, 0.5) is 0 Å². The van der Waals surface area contributed by atoms with Gasteiger partial charge in [0.05, 0.1) is 38.5 Å². The molecule has 2 fully saturated rings. The number of rotatable bonds is 5. The summed E-state index contributed by atoms with van der Waals surface area (Å²) in [7, 11) is 1.22. The van der Waals surface area contributed by atoms with E-state index in [0.717, 1.165) is 0 Å². The van der Waals surface area contributed by atoms with Crippen LogP contribution in [0.15, 0.2) is 46.3 Å². The number of aliphatic hydroxyl groups is 5. The number of hydrogen-bond donors (Lipinski definition) is 5. The summed E-state index contributed by atoms with van der Waals surface area (Å²) in [4.78, 5) is 26.5. The molecule has 12 nitrogen and oxygen atoms in total. The molecule has 0 amide bonds. The van der Waals surface area contributed by atoms with E-state index in [0.29, 0.717) is 12.0 Å². The molecule has 0 saturated carbocycles. The molecule has 0 spiro atoms. The van der Waals surface area contributed by atoms with Gasteiger partial charge in [-0.1, -0.05) is 13.8 Å². The Hall–Kier alpha value is -2.58. The minimum absolute atomic E-state index is 0.124. The summed E-state index contributed by atoms with van der Waals surface area (Å²) in [6.45, 7) is 2.98. The minimum atomic E-state index is -1.71. The molecule has 12 heteroatoms. The Kier molecular flexibility index (Phi) is 7.25. The molecule has 0 bridgehead atoms.